The number of likely N-dealkylation sites (tertiary alicyclic amines) is 2. The minimum absolute atomic E-state index is 0.0330. The lowest BCUT2D eigenvalue weighted by atomic mass is 9.94. The van der Waals surface area contributed by atoms with Crippen molar-refractivity contribution < 1.29 is 14.7 Å². The zero-order valence-electron chi connectivity index (χ0n) is 29.0. The number of nitrogens with one attached hydrogen (secondary N) is 2. The summed E-state index contributed by atoms with van der Waals surface area (Å²) in [5, 5.41) is 12.5. The third kappa shape index (κ3) is 8.08. The first-order valence-corrected chi connectivity index (χ1v) is 17.3. The molecule has 2 aromatic carbocycles. The van der Waals surface area contributed by atoms with Crippen LogP contribution in [0, 0.1) is 26.7 Å². The Hall–Kier alpha value is -4.21. The molecule has 3 N–H and O–H groups in total. The molecule has 0 spiro atoms. The van der Waals surface area contributed by atoms with Gasteiger partial charge in [-0.1, -0.05) is 30.8 Å². The van der Waals surface area contributed by atoms with Gasteiger partial charge in [-0.05, 0) is 124 Å². The van der Waals surface area contributed by atoms with Crippen LogP contribution in [0.2, 0.25) is 0 Å². The smallest absolute Gasteiger partial charge is 0.253 e. The van der Waals surface area contributed by atoms with Crippen LogP contribution in [0.3, 0.4) is 0 Å². The van der Waals surface area contributed by atoms with Gasteiger partial charge >= 0.3 is 0 Å². The summed E-state index contributed by atoms with van der Waals surface area (Å²) in [7, 11) is 0. The summed E-state index contributed by atoms with van der Waals surface area (Å²) in [5.41, 5.74) is 7.70. The van der Waals surface area contributed by atoms with Gasteiger partial charge in [0.1, 0.15) is 0 Å². The van der Waals surface area contributed by atoms with E-state index in [1.807, 2.05) is 37.8 Å². The summed E-state index contributed by atoms with van der Waals surface area (Å²) in [6, 6.07) is 14.9. The molecule has 3 heterocycles. The SMILES string of the molecule is C=CC(=O)N1CCC(N(CC)c2cc(-c3ccc(CN4CCC(CO)CC4)cc3)cc(C(=O)NCc3c(C)cc(C)[nH]c3=O)c2C)CC1. The lowest BCUT2D eigenvalue weighted by molar-refractivity contribution is -0.127. The van der Waals surface area contributed by atoms with Crippen LogP contribution in [0.15, 0.2) is 59.9 Å². The standard InChI is InChI=1S/C39H51N5O4/c1-6-37(46)43-18-14-33(15-19-43)44(7-2)36-22-32(31-10-8-29(9-11-31)24-42-16-12-30(25-45)13-17-42)21-34(28(36)5)38(47)40-23-35-26(3)20-27(4)41-39(35)48/h6,8-11,20-22,30,33,45H,1,7,12-19,23-25H2,2-5H3,(H,40,47)(H,41,48). The van der Waals surface area contributed by atoms with Gasteiger partial charge in [-0.2, -0.15) is 0 Å². The molecule has 2 saturated heterocycles. The van der Waals surface area contributed by atoms with Gasteiger partial charge in [-0.3, -0.25) is 19.3 Å². The van der Waals surface area contributed by atoms with Gasteiger partial charge in [0, 0.05) is 67.9 Å². The van der Waals surface area contributed by atoms with Crippen LogP contribution in [0.5, 0.6) is 0 Å². The second-order valence-electron chi connectivity index (χ2n) is 13.4. The van der Waals surface area contributed by atoms with Crippen LogP contribution in [-0.4, -0.2) is 77.1 Å². The van der Waals surface area contributed by atoms with Gasteiger partial charge in [-0.15, -0.1) is 0 Å². The maximum absolute atomic E-state index is 13.9. The molecule has 0 atom stereocenters. The predicted molar refractivity (Wildman–Crippen MR) is 192 cm³/mol. The van der Waals surface area contributed by atoms with Crippen LogP contribution in [-0.2, 0) is 17.9 Å². The van der Waals surface area contributed by atoms with E-state index in [0.717, 1.165) is 85.5 Å². The first-order chi connectivity index (χ1) is 23.1. The van der Waals surface area contributed by atoms with Gasteiger partial charge in [0.15, 0.2) is 0 Å². The molecular weight excluding hydrogens is 602 g/mol. The van der Waals surface area contributed by atoms with Gasteiger partial charge < -0.3 is 25.2 Å². The molecule has 0 saturated carbocycles. The second-order valence-corrected chi connectivity index (χ2v) is 13.4. The van der Waals surface area contributed by atoms with E-state index >= 15 is 0 Å². The third-order valence-corrected chi connectivity index (χ3v) is 10.2. The molecule has 2 aliphatic rings. The Bertz CT molecular complexity index is 1660. The Balaban J connectivity index is 1.44. The molecule has 2 fully saturated rings. The second kappa shape index (κ2) is 15.8. The fourth-order valence-electron chi connectivity index (χ4n) is 7.31. The van der Waals surface area contributed by atoms with E-state index in [2.05, 4.69) is 63.9 Å². The summed E-state index contributed by atoms with van der Waals surface area (Å²) in [5.74, 6) is 0.159. The van der Waals surface area contributed by atoms with Crippen molar-refractivity contribution in [1.29, 1.82) is 0 Å². The highest BCUT2D eigenvalue weighted by Gasteiger charge is 2.28. The molecule has 0 unspecified atom stereocenters. The Morgan fingerprint density at radius 1 is 1.00 bits per heavy atom. The average Bonchev–Trinajstić information content (AvgIpc) is 3.09. The maximum atomic E-state index is 13.9. The molecule has 256 valence electrons. The third-order valence-electron chi connectivity index (χ3n) is 10.2. The van der Waals surface area contributed by atoms with E-state index in [-0.39, 0.29) is 36.6 Å². The van der Waals surface area contributed by atoms with Crippen LogP contribution in [0.1, 0.15) is 70.9 Å². The highest BCUT2D eigenvalue weighted by atomic mass is 16.3. The number of aromatic nitrogens is 1. The molecule has 2 aliphatic heterocycles. The molecule has 48 heavy (non-hydrogen) atoms. The van der Waals surface area contributed by atoms with Gasteiger partial charge in [-0.25, -0.2) is 0 Å². The van der Waals surface area contributed by atoms with Crippen LogP contribution in [0.25, 0.3) is 11.1 Å². The normalized spacial score (nSPS) is 16.1. The number of aryl methyl sites for hydroxylation is 2. The number of amides is 2. The largest absolute Gasteiger partial charge is 0.396 e. The summed E-state index contributed by atoms with van der Waals surface area (Å²) >= 11 is 0. The monoisotopic (exact) mass is 653 g/mol. The lowest BCUT2D eigenvalue weighted by Crippen LogP contribution is -2.46. The summed E-state index contributed by atoms with van der Waals surface area (Å²) in [4.78, 5) is 48.4. The molecule has 5 rings (SSSR count). The van der Waals surface area contributed by atoms with E-state index in [9.17, 15) is 19.5 Å². The molecular formula is C39H51N5O4. The number of hydrogen-bond donors (Lipinski definition) is 3. The van der Waals surface area contributed by atoms with Crippen molar-refractivity contribution in [1.82, 2.24) is 20.1 Å². The van der Waals surface area contributed by atoms with Crippen molar-refractivity contribution in [2.24, 2.45) is 5.92 Å². The van der Waals surface area contributed by atoms with Crippen molar-refractivity contribution in [2.45, 2.75) is 72.5 Å². The van der Waals surface area contributed by atoms with Crippen molar-refractivity contribution in [2.75, 3.05) is 44.2 Å². The number of carbonyl (C=O) groups is 2. The Morgan fingerprint density at radius 3 is 2.29 bits per heavy atom. The number of nitrogens with zero attached hydrogens (tertiary/aromatic N) is 3. The first-order valence-electron chi connectivity index (χ1n) is 17.3. The van der Waals surface area contributed by atoms with Crippen molar-refractivity contribution >= 4 is 17.5 Å². The summed E-state index contributed by atoms with van der Waals surface area (Å²) in [6.07, 6.45) is 5.10. The number of aromatic amines is 1. The maximum Gasteiger partial charge on any atom is 0.253 e. The van der Waals surface area contributed by atoms with Crippen LogP contribution >= 0.6 is 0 Å². The molecule has 0 bridgehead atoms. The Morgan fingerprint density at radius 2 is 1.69 bits per heavy atom. The first kappa shape index (κ1) is 35.1. The number of benzene rings is 2. The number of pyridine rings is 1. The topological polar surface area (TPSA) is 109 Å². The number of aliphatic hydroxyl groups is 1. The summed E-state index contributed by atoms with van der Waals surface area (Å²) < 4.78 is 0. The number of rotatable bonds is 11. The van der Waals surface area contributed by atoms with Gasteiger partial charge in [0.25, 0.3) is 11.5 Å². The number of H-pyrrole nitrogens is 1. The molecule has 0 radical (unpaired) electrons. The fourth-order valence-corrected chi connectivity index (χ4v) is 7.31. The van der Waals surface area contributed by atoms with E-state index in [0.29, 0.717) is 30.1 Å². The number of carbonyl (C=O) groups excluding carboxylic acids is 2. The lowest BCUT2D eigenvalue weighted by Gasteiger charge is -2.40. The minimum atomic E-state index is -0.222. The van der Waals surface area contributed by atoms with Gasteiger partial charge in [0.2, 0.25) is 5.91 Å². The van der Waals surface area contributed by atoms with Crippen molar-refractivity contribution in [3.8, 4) is 11.1 Å². The average molecular weight is 654 g/mol. The zero-order chi connectivity index (χ0) is 34.4. The fraction of sp³-hybridized carbons (Fsp3) is 0.462. The molecule has 0 aliphatic carbocycles. The number of piperidine rings is 2. The summed E-state index contributed by atoms with van der Waals surface area (Å²) in [6.45, 7) is 16.9. The Kier molecular flexibility index (Phi) is 11.5. The van der Waals surface area contributed by atoms with Crippen molar-refractivity contribution in [3.05, 3.63) is 99.0 Å². The number of aliphatic hydroxyl groups excluding tert-OH is 1. The zero-order valence-corrected chi connectivity index (χ0v) is 29.0. The van der Waals surface area contributed by atoms with Crippen LogP contribution in [0.4, 0.5) is 5.69 Å². The van der Waals surface area contributed by atoms with Crippen molar-refractivity contribution in [3.63, 3.8) is 0 Å². The highest BCUT2D eigenvalue weighted by molar-refractivity contribution is 5.99. The highest BCUT2D eigenvalue weighted by Crippen LogP contribution is 2.34. The quantitative estimate of drug-likeness (QED) is 0.249. The van der Waals surface area contributed by atoms with Gasteiger partial charge in [0.05, 0.1) is 0 Å². The molecule has 1 aromatic heterocycles. The molecule has 9 nitrogen and oxygen atoms in total. The number of hydrogen-bond acceptors (Lipinski definition) is 6. The number of anilines is 1. The Labute approximate surface area is 284 Å². The minimum Gasteiger partial charge on any atom is -0.396 e. The van der Waals surface area contributed by atoms with E-state index in [4.69, 9.17) is 0 Å². The van der Waals surface area contributed by atoms with Crippen LogP contribution < -0.4 is 15.8 Å². The predicted octanol–water partition coefficient (Wildman–Crippen LogP) is 5.10. The van der Waals surface area contributed by atoms with E-state index in [1.165, 1.54) is 11.6 Å². The molecule has 2 amide bonds. The molecule has 9 heteroatoms. The van der Waals surface area contributed by atoms with E-state index in [1.54, 1.807) is 0 Å². The molecule has 3 aromatic rings. The van der Waals surface area contributed by atoms with E-state index < -0.39 is 0 Å².